The molecule has 0 amide bonds. The van der Waals surface area contributed by atoms with Crippen molar-refractivity contribution in [3.8, 4) is 137 Å². The third-order valence-electron chi connectivity index (χ3n) is 17.7. The average Bonchev–Trinajstić information content (AvgIpc) is 1.55. The van der Waals surface area contributed by atoms with E-state index >= 15 is 0 Å². The van der Waals surface area contributed by atoms with Crippen LogP contribution in [0.25, 0.3) is 156 Å². The molecule has 0 N–H and O–H groups in total. The molecule has 0 aliphatic heterocycles. The van der Waals surface area contributed by atoms with Gasteiger partial charge in [0.2, 0.25) is 0 Å². The zero-order valence-corrected chi connectivity index (χ0v) is 50.2. The predicted molar refractivity (Wildman–Crippen MR) is 374 cm³/mol. The van der Waals surface area contributed by atoms with Gasteiger partial charge >= 0.3 is 0 Å². The first kappa shape index (κ1) is 55.7. The number of aromatic nitrogens is 6. The Hall–Kier alpha value is -13.6. The number of pyridine rings is 1. The third-order valence-corrected chi connectivity index (χ3v) is 17.7. The van der Waals surface area contributed by atoms with Crippen LogP contribution >= 0.6 is 0 Å². The zero-order chi connectivity index (χ0) is 63.2. The van der Waals surface area contributed by atoms with Crippen molar-refractivity contribution in [2.75, 3.05) is 0 Å². The van der Waals surface area contributed by atoms with Gasteiger partial charge in [-0.05, 0) is 165 Å². The highest BCUT2D eigenvalue weighted by molar-refractivity contribution is 6.14. The van der Waals surface area contributed by atoms with E-state index in [9.17, 15) is 21.0 Å². The van der Waals surface area contributed by atoms with Crippen LogP contribution < -0.4 is 0 Å². The first-order valence-electron chi connectivity index (χ1n) is 30.6. The van der Waals surface area contributed by atoms with E-state index in [1.54, 1.807) is 6.20 Å². The Morgan fingerprint density at radius 3 is 1.03 bits per heavy atom. The lowest BCUT2D eigenvalue weighted by Gasteiger charge is -2.20. The number of hydrogen-bond acceptors (Lipinski definition) is 8. The highest BCUT2D eigenvalue weighted by Crippen LogP contribution is 2.46. The Morgan fingerprint density at radius 1 is 0.255 bits per heavy atom. The Morgan fingerprint density at radius 2 is 0.628 bits per heavy atom. The van der Waals surface area contributed by atoms with Gasteiger partial charge in [-0.3, -0.25) is 4.98 Å². The third kappa shape index (κ3) is 9.66. The molecule has 0 atom stereocenters. The van der Waals surface area contributed by atoms with Gasteiger partial charge in [0, 0.05) is 67.4 Å². The summed E-state index contributed by atoms with van der Waals surface area (Å²) in [4.78, 5) is 20.4. The number of hydrogen-bond donors (Lipinski definition) is 0. The molecule has 0 bridgehead atoms. The monoisotopic (exact) mass is 1200 g/mol. The molecular weight excluding hydrogens is 1150 g/mol. The lowest BCUT2D eigenvalue weighted by Crippen LogP contribution is -2.03. The molecule has 0 fully saturated rings. The van der Waals surface area contributed by atoms with E-state index < -0.39 is 0 Å². The average molecular weight is 1200 g/mol. The maximum atomic E-state index is 10.4. The second kappa shape index (κ2) is 23.4. The van der Waals surface area contributed by atoms with Crippen LogP contribution in [0, 0.1) is 45.3 Å². The summed E-state index contributed by atoms with van der Waals surface area (Å²) in [5, 5.41) is 45.4. The lowest BCUT2D eigenvalue weighted by atomic mass is 9.92. The Balaban J connectivity index is 1.01. The molecule has 94 heavy (non-hydrogen) atoms. The van der Waals surface area contributed by atoms with Crippen molar-refractivity contribution in [1.82, 2.24) is 29.1 Å². The van der Waals surface area contributed by atoms with Gasteiger partial charge in [-0.25, -0.2) is 15.0 Å². The normalized spacial score (nSPS) is 11.1. The zero-order valence-electron chi connectivity index (χ0n) is 50.2. The number of nitrogens with zero attached hydrogens (tertiary/aromatic N) is 10. The quantitative estimate of drug-likeness (QED) is 0.124. The maximum Gasteiger partial charge on any atom is 0.164 e. The van der Waals surface area contributed by atoms with E-state index in [4.69, 9.17) is 19.9 Å². The lowest BCUT2D eigenvalue weighted by molar-refractivity contribution is 1.07. The van der Waals surface area contributed by atoms with Gasteiger partial charge in [-0.2, -0.15) is 21.0 Å². The van der Waals surface area contributed by atoms with Crippen LogP contribution in [0.4, 0.5) is 0 Å². The molecule has 0 aliphatic rings. The largest absolute Gasteiger partial charge is 0.309 e. The van der Waals surface area contributed by atoms with Gasteiger partial charge in [0.1, 0.15) is 0 Å². The van der Waals surface area contributed by atoms with Gasteiger partial charge in [0.05, 0.1) is 74.3 Å². The van der Waals surface area contributed by atoms with Crippen LogP contribution in [-0.2, 0) is 0 Å². The van der Waals surface area contributed by atoms with Gasteiger partial charge in [-0.1, -0.05) is 170 Å². The minimum atomic E-state index is 0.480. The Labute approximate surface area is 541 Å². The molecule has 12 aromatic carbocycles. The molecule has 10 nitrogen and oxygen atoms in total. The summed E-state index contributed by atoms with van der Waals surface area (Å²) in [6.07, 6.45) is 3.68. The molecule has 0 aliphatic carbocycles. The summed E-state index contributed by atoms with van der Waals surface area (Å²) >= 11 is 0. The molecule has 16 aromatic rings. The molecular formula is C84H48N10. The number of rotatable bonds is 11. The fourth-order valence-electron chi connectivity index (χ4n) is 13.3. The molecule has 0 spiro atoms. The standard InChI is InChI=1S/C84H48N10/c85-48-60-20-7-11-25-66(60)55-29-36-77-73(42-55)74-43-56(67-26-12-8-21-61(67)49-86)30-37-78(74)93(77)65-34-35-70(64-24-15-41-89-52-64)71(47-65)72-46-59(84-91-82(53-16-3-1-4-17-53)90-83(92-84)54-18-5-2-6-19-54)33-40-79(72)94-80-38-31-57(68-27-13-9-22-62(68)50-87)44-75(80)76-45-58(32-39-81(76)94)69-28-14-10-23-63(69)51-88/h1-47,52H. The summed E-state index contributed by atoms with van der Waals surface area (Å²) in [5.41, 5.74) is 20.6. The van der Waals surface area contributed by atoms with Crippen LogP contribution in [0.2, 0.25) is 0 Å². The highest BCUT2D eigenvalue weighted by Gasteiger charge is 2.25. The number of nitriles is 4. The number of fused-ring (bicyclic) bond motifs is 6. The van der Waals surface area contributed by atoms with Crippen molar-refractivity contribution in [2.45, 2.75) is 0 Å². The summed E-state index contributed by atoms with van der Waals surface area (Å²) in [5.74, 6) is 1.54. The van der Waals surface area contributed by atoms with Gasteiger partial charge in [-0.15, -0.1) is 0 Å². The highest BCUT2D eigenvalue weighted by atomic mass is 15.0. The molecule has 10 heteroatoms. The molecule has 434 valence electrons. The van der Waals surface area contributed by atoms with E-state index in [1.165, 1.54) is 0 Å². The Bertz CT molecular complexity index is 5630. The van der Waals surface area contributed by atoms with Crippen molar-refractivity contribution in [3.63, 3.8) is 0 Å². The van der Waals surface area contributed by atoms with Crippen LogP contribution in [0.15, 0.2) is 291 Å². The first-order valence-corrected chi connectivity index (χ1v) is 30.6. The molecule has 0 saturated carbocycles. The van der Waals surface area contributed by atoms with E-state index in [1.807, 2.05) is 170 Å². The molecule has 0 radical (unpaired) electrons. The van der Waals surface area contributed by atoms with Gasteiger partial charge < -0.3 is 9.13 Å². The molecule has 0 unspecified atom stereocenters. The maximum absolute atomic E-state index is 10.4. The van der Waals surface area contributed by atoms with Crippen LogP contribution in [0.3, 0.4) is 0 Å². The van der Waals surface area contributed by atoms with Crippen molar-refractivity contribution < 1.29 is 0 Å². The fourth-order valence-corrected chi connectivity index (χ4v) is 13.3. The van der Waals surface area contributed by atoms with Crippen LogP contribution in [0.5, 0.6) is 0 Å². The smallest absolute Gasteiger partial charge is 0.164 e. The minimum Gasteiger partial charge on any atom is -0.309 e. The van der Waals surface area contributed by atoms with Crippen LogP contribution in [-0.4, -0.2) is 29.1 Å². The fraction of sp³-hybridized carbons (Fsp3) is 0. The predicted octanol–water partition coefficient (Wildman–Crippen LogP) is 20.0. The van der Waals surface area contributed by atoms with E-state index in [0.717, 1.165) is 138 Å². The minimum absolute atomic E-state index is 0.480. The van der Waals surface area contributed by atoms with Crippen molar-refractivity contribution >= 4 is 43.6 Å². The Kier molecular flexibility index (Phi) is 13.8. The van der Waals surface area contributed by atoms with Gasteiger partial charge in [0.15, 0.2) is 17.5 Å². The first-order chi connectivity index (χ1) is 46.4. The van der Waals surface area contributed by atoms with Crippen molar-refractivity contribution in [2.24, 2.45) is 0 Å². The van der Waals surface area contributed by atoms with Crippen LogP contribution in [0.1, 0.15) is 22.3 Å². The van der Waals surface area contributed by atoms with E-state index in [0.29, 0.717) is 39.7 Å². The van der Waals surface area contributed by atoms with E-state index in [-0.39, 0.29) is 0 Å². The molecule has 16 rings (SSSR count). The second-order valence-corrected chi connectivity index (χ2v) is 23.0. The van der Waals surface area contributed by atoms with Gasteiger partial charge in [0.25, 0.3) is 0 Å². The summed E-state index contributed by atoms with van der Waals surface area (Å²) in [7, 11) is 0. The SMILES string of the molecule is N#Cc1ccccc1-c1ccc2c(c1)c1cc(-c3ccccc3C#N)ccc1n2-c1ccc(-c2cccnc2)c(-c2cc(-c3nc(-c4ccccc4)nc(-c4ccccc4)n3)ccc2-n2c3ccc(-c4ccccc4C#N)cc3c3cc(-c4ccccc4C#N)ccc32)c1. The van der Waals surface area contributed by atoms with Crippen molar-refractivity contribution in [1.29, 1.82) is 21.0 Å². The summed E-state index contributed by atoms with van der Waals surface area (Å²) < 4.78 is 4.62. The topological polar surface area (TPSA) is 157 Å². The summed E-state index contributed by atoms with van der Waals surface area (Å²) in [6.45, 7) is 0. The molecule has 4 heterocycles. The van der Waals surface area contributed by atoms with Crippen molar-refractivity contribution in [3.05, 3.63) is 314 Å². The number of benzene rings is 12. The molecule has 0 saturated heterocycles. The molecule has 4 aromatic heterocycles. The summed E-state index contributed by atoms with van der Waals surface area (Å²) in [6, 6.07) is 103. The van der Waals surface area contributed by atoms with E-state index in [2.05, 4.69) is 149 Å². The second-order valence-electron chi connectivity index (χ2n) is 23.0.